The Labute approximate surface area is 215 Å². The third kappa shape index (κ3) is 5.54. The molecule has 0 saturated carbocycles. The average molecular weight is 496 g/mol. The van der Waals surface area contributed by atoms with Gasteiger partial charge in [-0.25, -0.2) is 4.79 Å². The SMILES string of the molecule is C=CCOC(=O)[C@H](C)NC(=O)c1cccc(-c2ccc3oc(-c4ccc(C)cc4)c(C(=O)CC)c3c2)c1. The average Bonchev–Trinajstić information content (AvgIpc) is 3.30. The zero-order chi connectivity index (χ0) is 26.5. The number of amides is 1. The molecule has 0 saturated heterocycles. The molecule has 0 spiro atoms. The van der Waals surface area contributed by atoms with Crippen molar-refractivity contribution in [2.75, 3.05) is 6.61 Å². The van der Waals surface area contributed by atoms with Crippen LogP contribution < -0.4 is 5.32 Å². The second-order valence-electron chi connectivity index (χ2n) is 8.85. The predicted octanol–water partition coefficient (Wildman–Crippen LogP) is 6.52. The van der Waals surface area contributed by atoms with E-state index in [0.29, 0.717) is 28.9 Å². The van der Waals surface area contributed by atoms with E-state index >= 15 is 0 Å². The Morgan fingerprint density at radius 3 is 2.41 bits per heavy atom. The number of aryl methyl sites for hydroxylation is 1. The Hall–Kier alpha value is -4.45. The fraction of sp³-hybridized carbons (Fsp3) is 0.194. The third-order valence-electron chi connectivity index (χ3n) is 6.10. The molecule has 0 unspecified atom stereocenters. The van der Waals surface area contributed by atoms with E-state index in [2.05, 4.69) is 11.9 Å². The molecule has 0 radical (unpaired) electrons. The van der Waals surface area contributed by atoms with Gasteiger partial charge in [0.05, 0.1) is 5.56 Å². The number of fused-ring (bicyclic) bond motifs is 1. The van der Waals surface area contributed by atoms with Gasteiger partial charge in [0.15, 0.2) is 5.78 Å². The standard InChI is InChI=1S/C31H29NO5/c1-5-16-36-31(35)20(4)32-30(34)24-9-7-8-22(17-24)23-14-15-27-25(18-23)28(26(33)6-2)29(37-27)21-12-10-19(3)11-13-21/h5,7-15,17-18,20H,1,6,16H2,2-4H3,(H,32,34)/t20-/m0/s1. The van der Waals surface area contributed by atoms with Crippen LogP contribution in [0.3, 0.4) is 0 Å². The van der Waals surface area contributed by atoms with E-state index in [9.17, 15) is 14.4 Å². The normalized spacial score (nSPS) is 11.6. The van der Waals surface area contributed by atoms with E-state index in [1.54, 1.807) is 25.1 Å². The van der Waals surface area contributed by atoms with Gasteiger partial charge in [0.2, 0.25) is 0 Å². The van der Waals surface area contributed by atoms with Crippen molar-refractivity contribution in [2.45, 2.75) is 33.2 Å². The number of carbonyl (C=O) groups excluding carboxylic acids is 3. The molecule has 1 atom stereocenters. The van der Waals surface area contributed by atoms with Crippen LogP contribution in [0.25, 0.3) is 33.4 Å². The van der Waals surface area contributed by atoms with Crippen LogP contribution in [0, 0.1) is 6.92 Å². The molecule has 0 bridgehead atoms. The summed E-state index contributed by atoms with van der Waals surface area (Å²) in [4.78, 5) is 37.8. The van der Waals surface area contributed by atoms with Gasteiger partial charge in [0.25, 0.3) is 5.91 Å². The summed E-state index contributed by atoms with van der Waals surface area (Å²) < 4.78 is 11.2. The second-order valence-corrected chi connectivity index (χ2v) is 8.85. The quantitative estimate of drug-likeness (QED) is 0.162. The van der Waals surface area contributed by atoms with E-state index < -0.39 is 17.9 Å². The van der Waals surface area contributed by atoms with Crippen molar-refractivity contribution in [2.24, 2.45) is 0 Å². The van der Waals surface area contributed by atoms with Gasteiger partial charge in [0, 0.05) is 22.9 Å². The Morgan fingerprint density at radius 1 is 1.00 bits per heavy atom. The lowest BCUT2D eigenvalue weighted by Crippen LogP contribution is -2.39. The maximum Gasteiger partial charge on any atom is 0.328 e. The minimum atomic E-state index is -0.804. The topological polar surface area (TPSA) is 85.6 Å². The molecule has 188 valence electrons. The number of rotatable bonds is 9. The highest BCUT2D eigenvalue weighted by Gasteiger charge is 2.22. The number of ketones is 1. The van der Waals surface area contributed by atoms with Crippen LogP contribution in [-0.4, -0.2) is 30.3 Å². The molecule has 4 rings (SSSR count). The van der Waals surface area contributed by atoms with Crippen molar-refractivity contribution < 1.29 is 23.5 Å². The molecular formula is C31H29NO5. The highest BCUT2D eigenvalue weighted by Crippen LogP contribution is 2.37. The summed E-state index contributed by atoms with van der Waals surface area (Å²) in [6.07, 6.45) is 1.82. The van der Waals surface area contributed by atoms with Crippen LogP contribution in [0.1, 0.15) is 46.5 Å². The number of esters is 1. The lowest BCUT2D eigenvalue weighted by Gasteiger charge is -2.13. The van der Waals surface area contributed by atoms with Crippen molar-refractivity contribution in [1.29, 1.82) is 0 Å². The molecule has 1 amide bonds. The zero-order valence-electron chi connectivity index (χ0n) is 21.2. The number of nitrogens with one attached hydrogen (secondary N) is 1. The largest absolute Gasteiger partial charge is 0.460 e. The molecule has 0 fully saturated rings. The molecule has 1 heterocycles. The van der Waals surface area contributed by atoms with Crippen molar-refractivity contribution in [3.05, 3.63) is 96.1 Å². The summed E-state index contributed by atoms with van der Waals surface area (Å²) in [5.41, 5.74) is 5.18. The Kier molecular flexibility index (Phi) is 7.68. The van der Waals surface area contributed by atoms with Gasteiger partial charge >= 0.3 is 5.97 Å². The molecule has 4 aromatic rings. The van der Waals surface area contributed by atoms with Gasteiger partial charge < -0.3 is 14.5 Å². The zero-order valence-corrected chi connectivity index (χ0v) is 21.2. The molecule has 0 aliphatic heterocycles. The van der Waals surface area contributed by atoms with Crippen LogP contribution in [-0.2, 0) is 9.53 Å². The van der Waals surface area contributed by atoms with E-state index in [0.717, 1.165) is 27.6 Å². The number of carbonyl (C=O) groups is 3. The minimum absolute atomic E-state index is 0.00284. The number of hydrogen-bond donors (Lipinski definition) is 1. The first-order valence-corrected chi connectivity index (χ1v) is 12.2. The van der Waals surface area contributed by atoms with E-state index in [4.69, 9.17) is 9.15 Å². The smallest absolute Gasteiger partial charge is 0.328 e. The molecule has 6 heteroatoms. The van der Waals surface area contributed by atoms with Crippen LogP contribution in [0.2, 0.25) is 0 Å². The monoisotopic (exact) mass is 495 g/mol. The lowest BCUT2D eigenvalue weighted by atomic mass is 9.96. The van der Waals surface area contributed by atoms with Gasteiger partial charge in [-0.3, -0.25) is 9.59 Å². The molecule has 6 nitrogen and oxygen atoms in total. The highest BCUT2D eigenvalue weighted by molar-refractivity contribution is 6.12. The van der Waals surface area contributed by atoms with E-state index in [1.165, 1.54) is 6.08 Å². The number of benzene rings is 3. The summed E-state index contributed by atoms with van der Waals surface area (Å²) in [6, 6.07) is 19.9. The van der Waals surface area contributed by atoms with Crippen molar-refractivity contribution in [3.63, 3.8) is 0 Å². The molecule has 0 aliphatic rings. The number of Topliss-reactive ketones (excluding diaryl/α,β-unsaturated/α-hetero) is 1. The third-order valence-corrected chi connectivity index (χ3v) is 6.10. The summed E-state index contributed by atoms with van der Waals surface area (Å²) in [5, 5.41) is 3.39. The first-order chi connectivity index (χ1) is 17.8. The Morgan fingerprint density at radius 2 is 1.70 bits per heavy atom. The fourth-order valence-corrected chi connectivity index (χ4v) is 4.08. The van der Waals surface area contributed by atoms with Gasteiger partial charge in [0.1, 0.15) is 24.0 Å². The maximum absolute atomic E-state index is 13.0. The number of ether oxygens (including phenoxy) is 1. The van der Waals surface area contributed by atoms with Crippen LogP contribution in [0.4, 0.5) is 0 Å². The first kappa shape index (κ1) is 25.6. The first-order valence-electron chi connectivity index (χ1n) is 12.2. The number of hydrogen-bond acceptors (Lipinski definition) is 5. The van der Waals surface area contributed by atoms with Crippen LogP contribution in [0.15, 0.2) is 83.8 Å². The van der Waals surface area contributed by atoms with Crippen molar-refractivity contribution >= 4 is 28.6 Å². The summed E-state index contributed by atoms with van der Waals surface area (Å²) >= 11 is 0. The minimum Gasteiger partial charge on any atom is -0.460 e. The van der Waals surface area contributed by atoms with Crippen molar-refractivity contribution in [1.82, 2.24) is 5.32 Å². The van der Waals surface area contributed by atoms with Gasteiger partial charge in [-0.05, 0) is 49.2 Å². The van der Waals surface area contributed by atoms with E-state index in [-0.39, 0.29) is 12.4 Å². The van der Waals surface area contributed by atoms with Gasteiger partial charge in [-0.1, -0.05) is 67.6 Å². The fourth-order valence-electron chi connectivity index (χ4n) is 4.08. The Balaban J connectivity index is 1.69. The Bertz CT molecular complexity index is 1480. The maximum atomic E-state index is 13.0. The van der Waals surface area contributed by atoms with E-state index in [1.807, 2.05) is 62.4 Å². The molecule has 1 N–H and O–H groups in total. The highest BCUT2D eigenvalue weighted by atomic mass is 16.5. The van der Waals surface area contributed by atoms with Crippen molar-refractivity contribution in [3.8, 4) is 22.5 Å². The second kappa shape index (κ2) is 11.1. The molecular weight excluding hydrogens is 466 g/mol. The number of furan rings is 1. The van der Waals surface area contributed by atoms with Crippen LogP contribution in [0.5, 0.6) is 0 Å². The van der Waals surface area contributed by atoms with Crippen LogP contribution >= 0.6 is 0 Å². The molecule has 37 heavy (non-hydrogen) atoms. The predicted molar refractivity (Wildman–Crippen MR) is 145 cm³/mol. The summed E-state index contributed by atoms with van der Waals surface area (Å²) in [7, 11) is 0. The molecule has 0 aliphatic carbocycles. The molecule has 1 aromatic heterocycles. The van der Waals surface area contributed by atoms with Gasteiger partial charge in [-0.15, -0.1) is 0 Å². The summed E-state index contributed by atoms with van der Waals surface area (Å²) in [6.45, 7) is 9.00. The molecule has 3 aromatic carbocycles. The van der Waals surface area contributed by atoms with Gasteiger partial charge in [-0.2, -0.15) is 0 Å². The lowest BCUT2D eigenvalue weighted by molar-refractivity contribution is -0.144. The summed E-state index contributed by atoms with van der Waals surface area (Å²) in [5.74, 6) is -0.369.